The summed E-state index contributed by atoms with van der Waals surface area (Å²) >= 11 is 7.04. The second-order valence-corrected chi connectivity index (χ2v) is 11.3. The highest BCUT2D eigenvalue weighted by atomic mass is 79.9. The third-order valence-corrected chi connectivity index (χ3v) is 8.33. The molecule has 5 rings (SSSR count). The Balaban J connectivity index is 0.000000150. The van der Waals surface area contributed by atoms with Gasteiger partial charge in [-0.15, -0.1) is 0 Å². The van der Waals surface area contributed by atoms with Gasteiger partial charge in [-0.2, -0.15) is 0 Å². The van der Waals surface area contributed by atoms with Crippen molar-refractivity contribution in [3.63, 3.8) is 0 Å². The summed E-state index contributed by atoms with van der Waals surface area (Å²) in [7, 11) is 1.80. The lowest BCUT2D eigenvalue weighted by molar-refractivity contribution is 0.0690. The first-order valence-electron chi connectivity index (χ1n) is 11.9. The molecule has 0 aromatic heterocycles. The van der Waals surface area contributed by atoms with Gasteiger partial charge < -0.3 is 9.47 Å². The molecule has 0 N–H and O–H groups in total. The summed E-state index contributed by atoms with van der Waals surface area (Å²) < 4.78 is 12.8. The zero-order valence-corrected chi connectivity index (χ0v) is 23.8. The molecule has 2 aliphatic carbocycles. The number of carbonyl (C=O) groups excluding carboxylic acids is 1. The zero-order valence-electron chi connectivity index (χ0n) is 20.6. The van der Waals surface area contributed by atoms with E-state index in [9.17, 15) is 4.79 Å². The van der Waals surface area contributed by atoms with Crippen molar-refractivity contribution in [2.75, 3.05) is 13.7 Å². The van der Waals surface area contributed by atoms with Crippen LogP contribution in [0.15, 0.2) is 33.2 Å². The third-order valence-electron chi connectivity index (χ3n) is 6.98. The maximum atomic E-state index is 11.7. The number of carbonyl (C=O) groups is 1. The fourth-order valence-electron chi connectivity index (χ4n) is 5.02. The molecule has 4 unspecified atom stereocenters. The molecule has 2 aromatic carbocycles. The van der Waals surface area contributed by atoms with E-state index in [1.807, 2.05) is 13.0 Å². The summed E-state index contributed by atoms with van der Waals surface area (Å²) in [5.74, 6) is 1.03. The number of halogens is 2. The Bertz CT molecular complexity index is 995. The fraction of sp³-hybridized carbons (Fsp3) is 0.536. The molecular weight excluding hydrogens is 544 g/mol. The summed E-state index contributed by atoms with van der Waals surface area (Å²) in [6.07, 6.45) is 5.38. The quantitative estimate of drug-likeness (QED) is 0.344. The lowest BCUT2D eigenvalue weighted by Gasteiger charge is -2.15. The normalized spacial score (nSPS) is 25.0. The molecule has 3 nitrogen and oxygen atoms in total. The minimum atomic E-state index is 0.160. The number of ketones is 1. The molecule has 1 aliphatic heterocycles. The van der Waals surface area contributed by atoms with Crippen LogP contribution < -0.4 is 0 Å². The van der Waals surface area contributed by atoms with Gasteiger partial charge in [0.15, 0.2) is 5.78 Å². The van der Waals surface area contributed by atoms with E-state index in [2.05, 4.69) is 77.8 Å². The van der Waals surface area contributed by atoms with Gasteiger partial charge in [-0.05, 0) is 92.3 Å². The monoisotopic (exact) mass is 578 g/mol. The van der Waals surface area contributed by atoms with Gasteiger partial charge in [0, 0.05) is 34.1 Å². The van der Waals surface area contributed by atoms with Crippen LogP contribution in [-0.4, -0.2) is 25.6 Å². The van der Waals surface area contributed by atoms with E-state index >= 15 is 0 Å². The zero-order chi connectivity index (χ0) is 24.3. The van der Waals surface area contributed by atoms with Crippen LogP contribution in [0.5, 0.6) is 0 Å². The highest BCUT2D eigenvalue weighted by Crippen LogP contribution is 2.43. The van der Waals surface area contributed by atoms with E-state index in [4.69, 9.17) is 9.47 Å². The van der Waals surface area contributed by atoms with Crippen LogP contribution in [0.3, 0.4) is 0 Å². The van der Waals surface area contributed by atoms with E-state index in [1.54, 1.807) is 7.11 Å². The highest BCUT2D eigenvalue weighted by molar-refractivity contribution is 9.10. The second-order valence-electron chi connectivity index (χ2n) is 9.61. The van der Waals surface area contributed by atoms with E-state index in [0.717, 1.165) is 29.5 Å². The predicted octanol–water partition coefficient (Wildman–Crippen LogP) is 7.95. The van der Waals surface area contributed by atoms with Gasteiger partial charge in [-0.3, -0.25) is 4.79 Å². The highest BCUT2D eigenvalue weighted by Gasteiger charge is 2.32. The number of aryl methyl sites for hydroxylation is 2. The molecule has 4 atom stereocenters. The van der Waals surface area contributed by atoms with Crippen LogP contribution in [0.1, 0.15) is 77.9 Å². The number of methoxy groups -OCH3 is 1. The largest absolute Gasteiger partial charge is 0.379 e. The third kappa shape index (κ3) is 5.98. The molecule has 0 saturated carbocycles. The molecule has 180 valence electrons. The van der Waals surface area contributed by atoms with Crippen molar-refractivity contribution < 1.29 is 14.3 Å². The molecule has 5 heteroatoms. The van der Waals surface area contributed by atoms with Crippen molar-refractivity contribution in [3.8, 4) is 0 Å². The molecule has 3 aliphatic rings. The molecule has 0 radical (unpaired) electrons. The van der Waals surface area contributed by atoms with Crippen molar-refractivity contribution in [1.29, 1.82) is 0 Å². The summed E-state index contributed by atoms with van der Waals surface area (Å²) in [5.41, 5.74) is 7.59. The van der Waals surface area contributed by atoms with Crippen molar-refractivity contribution >= 4 is 37.6 Å². The maximum Gasteiger partial charge on any atom is 0.167 e. The molecule has 1 fully saturated rings. The number of hydrogen-bond donors (Lipinski definition) is 0. The number of rotatable bonds is 1. The molecule has 0 bridgehead atoms. The Kier molecular flexibility index (Phi) is 9.36. The summed E-state index contributed by atoms with van der Waals surface area (Å²) in [5, 5.41) is 0. The molecule has 0 amide bonds. The molecular formula is C28H36Br2O3. The van der Waals surface area contributed by atoms with Gasteiger partial charge >= 0.3 is 0 Å². The Hall–Kier alpha value is -1.01. The predicted molar refractivity (Wildman–Crippen MR) is 142 cm³/mol. The van der Waals surface area contributed by atoms with E-state index < -0.39 is 0 Å². The first kappa shape index (κ1) is 26.6. The fourth-order valence-corrected chi connectivity index (χ4v) is 6.19. The summed E-state index contributed by atoms with van der Waals surface area (Å²) in [4.78, 5) is 11.7. The van der Waals surface area contributed by atoms with Crippen molar-refractivity contribution in [2.45, 2.75) is 72.5 Å². The average molecular weight is 580 g/mol. The van der Waals surface area contributed by atoms with Crippen molar-refractivity contribution in [1.82, 2.24) is 0 Å². The first-order chi connectivity index (χ1) is 15.6. The van der Waals surface area contributed by atoms with E-state index in [-0.39, 0.29) is 17.8 Å². The van der Waals surface area contributed by atoms with Crippen LogP contribution in [0, 0.1) is 25.7 Å². The maximum absolute atomic E-state index is 11.7. The first-order valence-corrected chi connectivity index (χ1v) is 13.5. The van der Waals surface area contributed by atoms with Gasteiger partial charge in [-0.25, -0.2) is 0 Å². The molecule has 1 heterocycles. The Morgan fingerprint density at radius 3 is 2.09 bits per heavy atom. The number of Topliss-reactive ketones (excluding diaryl/α,β-unsaturated/α-hetero) is 1. The number of hydrogen-bond acceptors (Lipinski definition) is 3. The van der Waals surface area contributed by atoms with E-state index in [1.165, 1.54) is 45.1 Å². The topological polar surface area (TPSA) is 35.5 Å². The SMILES string of the molecule is CC1CCCO1.COC1c2c(Br)ccc(C)c2CC1C.Cc1ccc(Br)c2c1CC(C)C2=O. The lowest BCUT2D eigenvalue weighted by atomic mass is 10.0. The number of ether oxygens (including phenoxy) is 2. The molecule has 33 heavy (non-hydrogen) atoms. The minimum Gasteiger partial charge on any atom is -0.379 e. The number of fused-ring (bicyclic) bond motifs is 2. The lowest BCUT2D eigenvalue weighted by Crippen LogP contribution is -2.05. The van der Waals surface area contributed by atoms with E-state index in [0.29, 0.717) is 12.0 Å². The van der Waals surface area contributed by atoms with Crippen LogP contribution >= 0.6 is 31.9 Å². The van der Waals surface area contributed by atoms with Crippen molar-refractivity contribution in [2.24, 2.45) is 11.8 Å². The van der Waals surface area contributed by atoms with Gasteiger partial charge in [0.1, 0.15) is 0 Å². The van der Waals surface area contributed by atoms with Crippen LogP contribution in [0.2, 0.25) is 0 Å². The van der Waals surface area contributed by atoms with Gasteiger partial charge in [0.2, 0.25) is 0 Å². The van der Waals surface area contributed by atoms with Crippen LogP contribution in [0.25, 0.3) is 0 Å². The average Bonchev–Trinajstić information content (AvgIpc) is 3.47. The van der Waals surface area contributed by atoms with Gasteiger partial charge in [-0.1, -0.05) is 57.8 Å². The van der Waals surface area contributed by atoms with Crippen LogP contribution in [-0.2, 0) is 22.3 Å². The van der Waals surface area contributed by atoms with Gasteiger partial charge in [0.25, 0.3) is 0 Å². The summed E-state index contributed by atoms with van der Waals surface area (Å²) in [6, 6.07) is 8.32. The summed E-state index contributed by atoms with van der Waals surface area (Å²) in [6.45, 7) is 11.6. The Morgan fingerprint density at radius 2 is 1.58 bits per heavy atom. The molecule has 0 spiro atoms. The second kappa shape index (κ2) is 11.6. The molecule has 1 saturated heterocycles. The standard InChI is InChI=1S/C12H15BrO.C11H11BrO.C5H10O/c1-7-4-5-10(13)11-9(7)6-8(2)12(11)14-3;1-6-3-4-9(12)10-8(6)5-7(2)11(10)13;1-5-3-2-4-6-5/h4-5,8,12H,6H2,1-3H3;3-4,7H,5H2,1-2H3;5H,2-4H2,1H3. The van der Waals surface area contributed by atoms with Gasteiger partial charge in [0.05, 0.1) is 12.2 Å². The minimum absolute atomic E-state index is 0.160. The smallest absolute Gasteiger partial charge is 0.167 e. The van der Waals surface area contributed by atoms with Crippen LogP contribution in [0.4, 0.5) is 0 Å². The molecule has 2 aromatic rings. The Labute approximate surface area is 215 Å². The number of benzene rings is 2. The Morgan fingerprint density at radius 1 is 0.939 bits per heavy atom. The van der Waals surface area contributed by atoms with Crippen molar-refractivity contribution in [3.05, 3.63) is 66.6 Å².